The molecule has 3 N–H and O–H groups in total. The third-order valence-corrected chi connectivity index (χ3v) is 6.20. The molecule has 2 aromatic rings. The van der Waals surface area contributed by atoms with E-state index in [0.29, 0.717) is 12.6 Å². The van der Waals surface area contributed by atoms with Crippen LogP contribution in [0.1, 0.15) is 24.1 Å². The van der Waals surface area contributed by atoms with Crippen molar-refractivity contribution in [1.29, 1.82) is 0 Å². The molecule has 5 rings (SSSR count). The van der Waals surface area contributed by atoms with Crippen LogP contribution < -0.4 is 15.5 Å². The fourth-order valence-corrected chi connectivity index (χ4v) is 4.23. The molecule has 3 aliphatic rings. The Bertz CT molecular complexity index is 1180. The van der Waals surface area contributed by atoms with E-state index >= 15 is 0 Å². The molecule has 0 amide bonds. The summed E-state index contributed by atoms with van der Waals surface area (Å²) in [6.45, 7) is 2.78. The molecule has 0 spiro atoms. The molecule has 8 heteroatoms. The lowest BCUT2D eigenvalue weighted by Crippen LogP contribution is -2.32. The number of hydrogen-bond donors (Lipinski definition) is 3. The van der Waals surface area contributed by atoms with E-state index in [4.69, 9.17) is 4.98 Å². The van der Waals surface area contributed by atoms with Gasteiger partial charge in [0.15, 0.2) is 0 Å². The van der Waals surface area contributed by atoms with E-state index in [-0.39, 0.29) is 6.17 Å². The van der Waals surface area contributed by atoms with Crippen molar-refractivity contribution >= 4 is 29.0 Å². The average Bonchev–Trinajstić information content (AvgIpc) is 3.46. The minimum Gasteiger partial charge on any atom is -0.376 e. The van der Waals surface area contributed by atoms with Crippen LogP contribution in [0.4, 0.5) is 11.4 Å². The molecule has 0 bridgehead atoms. The van der Waals surface area contributed by atoms with Gasteiger partial charge < -0.3 is 25.4 Å². The van der Waals surface area contributed by atoms with E-state index in [1.54, 1.807) is 6.34 Å². The highest BCUT2D eigenvalue weighted by Crippen LogP contribution is 2.32. The molecule has 33 heavy (non-hydrogen) atoms. The van der Waals surface area contributed by atoms with E-state index in [1.807, 2.05) is 17.3 Å². The molecule has 0 aliphatic carbocycles. The predicted octanol–water partition coefficient (Wildman–Crippen LogP) is 3.40. The number of allylic oxidation sites excluding steroid dienone is 4. The summed E-state index contributed by atoms with van der Waals surface area (Å²) < 4.78 is 0. The fraction of sp³-hybridized carbons (Fsp3) is 0.280. The van der Waals surface area contributed by atoms with Gasteiger partial charge >= 0.3 is 0 Å². The number of benzene rings is 1. The number of para-hydroxylation sites is 2. The van der Waals surface area contributed by atoms with Crippen molar-refractivity contribution in [3.05, 3.63) is 78.1 Å². The highest BCUT2D eigenvalue weighted by molar-refractivity contribution is 5.82. The van der Waals surface area contributed by atoms with Gasteiger partial charge in [-0.05, 0) is 31.2 Å². The highest BCUT2D eigenvalue weighted by atomic mass is 15.6. The van der Waals surface area contributed by atoms with Crippen LogP contribution in [0.3, 0.4) is 0 Å². The molecule has 170 valence electrons. The third-order valence-electron chi connectivity index (χ3n) is 6.20. The average molecular weight is 443 g/mol. The zero-order chi connectivity index (χ0) is 22.9. The van der Waals surface area contributed by atoms with Gasteiger partial charge in [0.2, 0.25) is 0 Å². The molecule has 0 fully saturated rings. The van der Waals surface area contributed by atoms with E-state index in [2.05, 4.69) is 107 Å². The summed E-state index contributed by atoms with van der Waals surface area (Å²) in [6, 6.07) is 8.60. The Hall–Kier alpha value is -3.94. The number of likely N-dealkylation sites (N-methyl/N-ethyl adjacent to an activating group) is 1. The number of imidazole rings is 1. The number of nitrogens with one attached hydrogen (secondary N) is 3. The Morgan fingerprint density at radius 2 is 2.03 bits per heavy atom. The summed E-state index contributed by atoms with van der Waals surface area (Å²) in [5, 5.41) is 13.1. The van der Waals surface area contributed by atoms with Gasteiger partial charge in [-0.15, -0.1) is 0 Å². The number of aromatic amines is 1. The van der Waals surface area contributed by atoms with E-state index in [1.165, 1.54) is 0 Å². The number of rotatable bonds is 6. The lowest BCUT2D eigenvalue weighted by atomic mass is 10.0. The summed E-state index contributed by atoms with van der Waals surface area (Å²) in [5.74, 6) is 0.879. The second-order valence-electron chi connectivity index (χ2n) is 8.64. The zero-order valence-electron chi connectivity index (χ0n) is 19.4. The van der Waals surface area contributed by atoms with Crippen LogP contribution in [0.25, 0.3) is 11.3 Å². The van der Waals surface area contributed by atoms with E-state index in [9.17, 15) is 0 Å². The summed E-state index contributed by atoms with van der Waals surface area (Å²) >= 11 is 0. The topological polar surface area (TPSA) is 74.8 Å². The number of nitrogens with zero attached hydrogens (tertiary/aromatic N) is 5. The van der Waals surface area contributed by atoms with Crippen LogP contribution in [-0.2, 0) is 6.54 Å². The van der Waals surface area contributed by atoms with Crippen molar-refractivity contribution < 1.29 is 0 Å². The van der Waals surface area contributed by atoms with Crippen LogP contribution in [0.2, 0.25) is 0 Å². The normalized spacial score (nSPS) is 21.0. The minimum atomic E-state index is 0.0688. The first-order valence-corrected chi connectivity index (χ1v) is 11.2. The molecule has 0 radical (unpaired) electrons. The van der Waals surface area contributed by atoms with E-state index in [0.717, 1.165) is 39.9 Å². The maximum atomic E-state index is 5.03. The van der Waals surface area contributed by atoms with Gasteiger partial charge in [0, 0.05) is 39.0 Å². The largest absolute Gasteiger partial charge is 0.376 e. The number of hydrogen-bond acceptors (Lipinski definition) is 7. The third kappa shape index (κ3) is 4.00. The fourth-order valence-electron chi connectivity index (χ4n) is 4.23. The van der Waals surface area contributed by atoms with Gasteiger partial charge in [0.25, 0.3) is 0 Å². The van der Waals surface area contributed by atoms with Gasteiger partial charge in [-0.1, -0.05) is 30.4 Å². The minimum absolute atomic E-state index is 0.0688. The van der Waals surface area contributed by atoms with Crippen LogP contribution in [0.5, 0.6) is 0 Å². The van der Waals surface area contributed by atoms with Gasteiger partial charge in [-0.3, -0.25) is 0 Å². The molecule has 8 nitrogen and oxygen atoms in total. The van der Waals surface area contributed by atoms with Crippen molar-refractivity contribution in [1.82, 2.24) is 25.2 Å². The molecule has 0 saturated heterocycles. The van der Waals surface area contributed by atoms with Crippen LogP contribution in [0, 0.1) is 0 Å². The molecule has 2 unspecified atom stereocenters. The lowest BCUT2D eigenvalue weighted by Gasteiger charge is -2.30. The molecule has 1 aromatic heterocycles. The van der Waals surface area contributed by atoms with E-state index < -0.39 is 0 Å². The molecular formula is C25H30N8. The van der Waals surface area contributed by atoms with Crippen LogP contribution in [-0.4, -0.2) is 59.6 Å². The van der Waals surface area contributed by atoms with Gasteiger partial charge in [-0.25, -0.2) is 9.99 Å². The monoisotopic (exact) mass is 442 g/mol. The molecule has 4 heterocycles. The maximum Gasteiger partial charge on any atom is 0.140 e. The second kappa shape index (κ2) is 8.54. The Morgan fingerprint density at radius 3 is 2.88 bits per heavy atom. The zero-order valence-corrected chi connectivity index (χ0v) is 19.4. The van der Waals surface area contributed by atoms with Crippen LogP contribution in [0.15, 0.2) is 65.9 Å². The number of H-pyrrole nitrogens is 1. The van der Waals surface area contributed by atoms with Gasteiger partial charge in [0.05, 0.1) is 35.0 Å². The Labute approximate surface area is 194 Å². The number of hydrazone groups is 1. The van der Waals surface area contributed by atoms with Crippen molar-refractivity contribution in [3.63, 3.8) is 0 Å². The highest BCUT2D eigenvalue weighted by Gasteiger charge is 2.26. The van der Waals surface area contributed by atoms with Crippen molar-refractivity contribution in [2.45, 2.75) is 25.7 Å². The smallest absolute Gasteiger partial charge is 0.140 e. The van der Waals surface area contributed by atoms with Crippen molar-refractivity contribution in [2.24, 2.45) is 5.10 Å². The number of aromatic nitrogens is 2. The molecule has 3 aliphatic heterocycles. The SMILES string of the molecule is CC1C=CC=C(c2[nH]c(CNc3ccccc3N(C)C)nc2C2=CN3N=CNC3C=C2)N1C. The van der Waals surface area contributed by atoms with Crippen LogP contribution >= 0.6 is 0 Å². The summed E-state index contributed by atoms with van der Waals surface area (Å²) in [5.41, 5.74) is 6.29. The first kappa shape index (κ1) is 20.9. The molecular weight excluding hydrogens is 412 g/mol. The lowest BCUT2D eigenvalue weighted by molar-refractivity contribution is 0.351. The summed E-state index contributed by atoms with van der Waals surface area (Å²) in [6.07, 6.45) is 14.5. The second-order valence-corrected chi connectivity index (χ2v) is 8.64. The number of anilines is 2. The Kier molecular flexibility index (Phi) is 5.42. The Balaban J connectivity index is 1.49. The van der Waals surface area contributed by atoms with Crippen molar-refractivity contribution in [2.75, 3.05) is 31.4 Å². The Morgan fingerprint density at radius 1 is 1.18 bits per heavy atom. The molecule has 2 atom stereocenters. The van der Waals surface area contributed by atoms with Crippen molar-refractivity contribution in [3.8, 4) is 0 Å². The van der Waals surface area contributed by atoms with Gasteiger partial charge in [-0.2, -0.15) is 5.10 Å². The maximum absolute atomic E-state index is 5.03. The predicted molar refractivity (Wildman–Crippen MR) is 135 cm³/mol. The molecule has 1 aromatic carbocycles. The first-order valence-electron chi connectivity index (χ1n) is 11.2. The molecule has 0 saturated carbocycles. The number of fused-ring (bicyclic) bond motifs is 1. The first-order chi connectivity index (χ1) is 16.0. The quantitative estimate of drug-likeness (QED) is 0.637. The van der Waals surface area contributed by atoms with Gasteiger partial charge in [0.1, 0.15) is 18.3 Å². The summed E-state index contributed by atoms with van der Waals surface area (Å²) in [4.78, 5) is 13.0. The summed E-state index contributed by atoms with van der Waals surface area (Å²) in [7, 11) is 6.22. The standard InChI is InChI=1S/C25H30N8/c1-17-8-7-11-21(32(17)4)25-24(18-12-13-23-27-16-28-33(23)15-18)29-22(30-25)14-26-19-9-5-6-10-20(19)31(2)3/h5-13,15-17,23,26H,14H2,1-4H3,(H,27,28)(H,29,30).